The molecule has 0 saturated carbocycles. The average molecular weight is 352 g/mol. The Hall–Kier alpha value is -1.89. The van der Waals surface area contributed by atoms with E-state index in [1.165, 1.54) is 0 Å². The van der Waals surface area contributed by atoms with Crippen LogP contribution in [0.15, 0.2) is 24.3 Å². The molecule has 2 rings (SSSR count). The number of ketones is 1. The molecule has 1 atom stereocenters. The van der Waals surface area contributed by atoms with Crippen LogP contribution in [0.3, 0.4) is 0 Å². The predicted octanol–water partition coefficient (Wildman–Crippen LogP) is 1.79. The van der Waals surface area contributed by atoms with E-state index >= 15 is 0 Å². The highest BCUT2D eigenvalue weighted by Gasteiger charge is 2.33. The fourth-order valence-corrected chi connectivity index (χ4v) is 4.59. The fraction of sp³-hybridized carbons (Fsp3) is 0.529. The minimum Gasteiger partial charge on any atom is -0.338 e. The van der Waals surface area contributed by atoms with E-state index in [1.807, 2.05) is 26.0 Å². The predicted molar refractivity (Wildman–Crippen MR) is 93.0 cm³/mol. The van der Waals surface area contributed by atoms with Crippen molar-refractivity contribution in [2.45, 2.75) is 32.7 Å². The number of amides is 2. The van der Waals surface area contributed by atoms with Crippen LogP contribution in [0.4, 0.5) is 4.79 Å². The maximum Gasteiger partial charge on any atom is 0.317 e. The van der Waals surface area contributed by atoms with E-state index in [2.05, 4.69) is 5.32 Å². The van der Waals surface area contributed by atoms with Gasteiger partial charge in [-0.05, 0) is 20.3 Å². The summed E-state index contributed by atoms with van der Waals surface area (Å²) in [5.74, 6) is 0.131. The van der Waals surface area contributed by atoms with Crippen molar-refractivity contribution in [3.05, 3.63) is 35.4 Å². The molecule has 0 bridgehead atoms. The maximum absolute atomic E-state index is 12.2. The lowest BCUT2D eigenvalue weighted by atomic mass is 10.1. The molecule has 1 aromatic rings. The molecule has 1 heterocycles. The van der Waals surface area contributed by atoms with Crippen LogP contribution < -0.4 is 5.32 Å². The van der Waals surface area contributed by atoms with Crippen molar-refractivity contribution in [3.63, 3.8) is 0 Å². The molecule has 1 aromatic carbocycles. The van der Waals surface area contributed by atoms with E-state index in [9.17, 15) is 18.0 Å². The third-order valence-corrected chi connectivity index (χ3v) is 6.00. The highest BCUT2D eigenvalue weighted by atomic mass is 32.2. The van der Waals surface area contributed by atoms with E-state index in [0.29, 0.717) is 18.5 Å². The Labute approximate surface area is 143 Å². The molecule has 0 aromatic heterocycles. The largest absolute Gasteiger partial charge is 0.338 e. The zero-order valence-electron chi connectivity index (χ0n) is 14.1. The van der Waals surface area contributed by atoms with Crippen LogP contribution in [0.25, 0.3) is 0 Å². The van der Waals surface area contributed by atoms with Crippen molar-refractivity contribution in [1.29, 1.82) is 0 Å². The third-order valence-electron chi connectivity index (χ3n) is 4.25. The van der Waals surface area contributed by atoms with Gasteiger partial charge in [-0.3, -0.25) is 4.79 Å². The zero-order valence-corrected chi connectivity index (χ0v) is 14.9. The topological polar surface area (TPSA) is 83.6 Å². The van der Waals surface area contributed by atoms with Crippen molar-refractivity contribution >= 4 is 21.7 Å². The summed E-state index contributed by atoms with van der Waals surface area (Å²) in [4.78, 5) is 25.9. The first-order valence-corrected chi connectivity index (χ1v) is 9.99. The number of carbonyl (C=O) groups is 2. The lowest BCUT2D eigenvalue weighted by Gasteiger charge is -2.26. The Bertz CT molecular complexity index is 698. The first kappa shape index (κ1) is 18.4. The van der Waals surface area contributed by atoms with Crippen LogP contribution in [0.5, 0.6) is 0 Å². The fourth-order valence-electron chi connectivity index (χ4n) is 2.86. The normalized spacial score (nSPS) is 19.0. The van der Waals surface area contributed by atoms with Gasteiger partial charge in [-0.25, -0.2) is 13.2 Å². The minimum absolute atomic E-state index is 0.0244. The standard InChI is InChI=1S/C17H24N2O4S/c1-3-19(15-9-11-24(22,23)12-15)17(21)18-10-8-16(20)14-6-4-13(2)5-7-14/h4-7,15H,3,8-12H2,1-2H3,(H,18,21). The van der Waals surface area contributed by atoms with E-state index in [0.717, 1.165) is 5.56 Å². The van der Waals surface area contributed by atoms with Gasteiger partial charge in [0.15, 0.2) is 15.6 Å². The molecule has 24 heavy (non-hydrogen) atoms. The maximum atomic E-state index is 12.2. The van der Waals surface area contributed by atoms with Crippen LogP contribution in [-0.2, 0) is 9.84 Å². The molecule has 0 spiro atoms. The molecule has 1 N–H and O–H groups in total. The van der Waals surface area contributed by atoms with Crippen LogP contribution in [-0.4, -0.2) is 55.8 Å². The van der Waals surface area contributed by atoms with E-state index in [4.69, 9.17) is 0 Å². The zero-order chi connectivity index (χ0) is 17.7. The van der Waals surface area contributed by atoms with Gasteiger partial charge in [0.05, 0.1) is 11.5 Å². The van der Waals surface area contributed by atoms with Gasteiger partial charge in [-0.1, -0.05) is 29.8 Å². The Balaban J connectivity index is 1.83. The summed E-state index contributed by atoms with van der Waals surface area (Å²) in [7, 11) is -3.03. The Morgan fingerprint density at radius 1 is 1.25 bits per heavy atom. The average Bonchev–Trinajstić information content (AvgIpc) is 2.88. The number of benzene rings is 1. The number of aryl methyl sites for hydroxylation is 1. The van der Waals surface area contributed by atoms with Gasteiger partial charge in [-0.15, -0.1) is 0 Å². The SMILES string of the molecule is CCN(C(=O)NCCC(=O)c1ccc(C)cc1)C1CCS(=O)(=O)C1. The Morgan fingerprint density at radius 3 is 2.46 bits per heavy atom. The highest BCUT2D eigenvalue weighted by Crippen LogP contribution is 2.17. The van der Waals surface area contributed by atoms with Gasteiger partial charge in [0, 0.05) is 31.1 Å². The Morgan fingerprint density at radius 2 is 1.92 bits per heavy atom. The van der Waals surface area contributed by atoms with Gasteiger partial charge in [-0.2, -0.15) is 0 Å². The smallest absolute Gasteiger partial charge is 0.317 e. The molecule has 0 radical (unpaired) electrons. The molecule has 6 nitrogen and oxygen atoms in total. The summed E-state index contributed by atoms with van der Waals surface area (Å²) < 4.78 is 23.1. The highest BCUT2D eigenvalue weighted by molar-refractivity contribution is 7.91. The number of hydrogen-bond donors (Lipinski definition) is 1. The van der Waals surface area contributed by atoms with Crippen molar-refractivity contribution < 1.29 is 18.0 Å². The van der Waals surface area contributed by atoms with Gasteiger partial charge >= 0.3 is 6.03 Å². The van der Waals surface area contributed by atoms with E-state index < -0.39 is 9.84 Å². The third kappa shape index (κ3) is 4.80. The number of Topliss-reactive ketones (excluding diaryl/α,β-unsaturated/α-hetero) is 1. The first-order valence-electron chi connectivity index (χ1n) is 8.17. The van der Waals surface area contributed by atoms with Gasteiger partial charge in [0.25, 0.3) is 0 Å². The number of hydrogen-bond acceptors (Lipinski definition) is 4. The first-order chi connectivity index (χ1) is 11.3. The summed E-state index contributed by atoms with van der Waals surface area (Å²) >= 11 is 0. The summed E-state index contributed by atoms with van der Waals surface area (Å²) in [5, 5.41) is 2.72. The molecule has 2 amide bonds. The second-order valence-corrected chi connectivity index (χ2v) is 8.34. The quantitative estimate of drug-likeness (QED) is 0.791. The molecule has 1 fully saturated rings. The lowest BCUT2D eigenvalue weighted by molar-refractivity contribution is 0.0982. The van der Waals surface area contributed by atoms with Gasteiger partial charge in [0.1, 0.15) is 0 Å². The van der Waals surface area contributed by atoms with Gasteiger partial charge in [0.2, 0.25) is 0 Å². The summed E-state index contributed by atoms with van der Waals surface area (Å²) in [6.45, 7) is 4.46. The van der Waals surface area contributed by atoms with Crippen molar-refractivity contribution in [2.75, 3.05) is 24.6 Å². The minimum atomic E-state index is -3.03. The molecule has 132 valence electrons. The van der Waals surface area contributed by atoms with E-state index in [-0.39, 0.29) is 42.3 Å². The summed E-state index contributed by atoms with van der Waals surface area (Å²) in [6, 6.07) is 6.74. The number of rotatable bonds is 6. The lowest BCUT2D eigenvalue weighted by Crippen LogP contribution is -2.47. The van der Waals surface area contributed by atoms with Crippen molar-refractivity contribution in [2.24, 2.45) is 0 Å². The number of nitrogens with one attached hydrogen (secondary N) is 1. The van der Waals surface area contributed by atoms with Gasteiger partial charge < -0.3 is 10.2 Å². The molecule has 1 saturated heterocycles. The van der Waals surface area contributed by atoms with Crippen molar-refractivity contribution in [3.8, 4) is 0 Å². The monoisotopic (exact) mass is 352 g/mol. The number of urea groups is 1. The van der Waals surface area contributed by atoms with Crippen LogP contribution in [0.2, 0.25) is 0 Å². The molecule has 1 aliphatic heterocycles. The van der Waals surface area contributed by atoms with Crippen LogP contribution in [0, 0.1) is 6.92 Å². The van der Waals surface area contributed by atoms with Crippen LogP contribution in [0.1, 0.15) is 35.7 Å². The second kappa shape index (κ2) is 7.79. The number of carbonyl (C=O) groups excluding carboxylic acids is 2. The molecular formula is C17H24N2O4S. The van der Waals surface area contributed by atoms with E-state index in [1.54, 1.807) is 17.0 Å². The number of nitrogens with zero attached hydrogens (tertiary/aromatic N) is 1. The Kier molecular flexibility index (Phi) is 5.99. The number of sulfone groups is 1. The molecule has 7 heteroatoms. The molecular weight excluding hydrogens is 328 g/mol. The van der Waals surface area contributed by atoms with Crippen molar-refractivity contribution in [1.82, 2.24) is 10.2 Å². The van der Waals surface area contributed by atoms with Crippen LogP contribution >= 0.6 is 0 Å². The summed E-state index contributed by atoms with van der Waals surface area (Å²) in [5.41, 5.74) is 1.72. The molecule has 1 aliphatic rings. The summed E-state index contributed by atoms with van der Waals surface area (Å²) in [6.07, 6.45) is 0.696. The molecule has 1 unspecified atom stereocenters. The molecule has 0 aliphatic carbocycles. The second-order valence-electron chi connectivity index (χ2n) is 6.11.